The molecule has 7 unspecified atom stereocenters. The van der Waals surface area contributed by atoms with Crippen LogP contribution in [0.4, 0.5) is 0 Å². The lowest BCUT2D eigenvalue weighted by molar-refractivity contribution is -0.302. The van der Waals surface area contributed by atoms with E-state index in [1.165, 1.54) is 64.2 Å². The zero-order valence-corrected chi connectivity index (χ0v) is 30.2. The quantitative estimate of drug-likeness (QED) is 0.0370. The Bertz CT molecular complexity index is 848. The van der Waals surface area contributed by atoms with Crippen molar-refractivity contribution in [2.24, 2.45) is 0 Å². The van der Waals surface area contributed by atoms with Gasteiger partial charge in [-0.2, -0.15) is 0 Å². The number of aliphatic hydroxyl groups excluding tert-OH is 5. The van der Waals surface area contributed by atoms with Gasteiger partial charge in [-0.1, -0.05) is 127 Å². The maximum atomic E-state index is 12.8. The van der Waals surface area contributed by atoms with E-state index in [0.29, 0.717) is 6.42 Å². The Morgan fingerprint density at radius 2 is 1.23 bits per heavy atom. The van der Waals surface area contributed by atoms with E-state index in [2.05, 4.69) is 43.5 Å². The van der Waals surface area contributed by atoms with Crippen molar-refractivity contribution in [3.63, 3.8) is 0 Å². The van der Waals surface area contributed by atoms with Crippen molar-refractivity contribution in [2.75, 3.05) is 13.2 Å². The monoisotopic (exact) mass is 682 g/mol. The third kappa shape index (κ3) is 21.5. The summed E-state index contributed by atoms with van der Waals surface area (Å²) < 4.78 is 11.1. The molecule has 1 amide bonds. The summed E-state index contributed by atoms with van der Waals surface area (Å²) in [7, 11) is 0. The number of amides is 1. The average molecular weight is 682 g/mol. The molecule has 7 atom stereocenters. The fourth-order valence-corrected chi connectivity index (χ4v) is 5.77. The van der Waals surface area contributed by atoms with E-state index in [1.807, 2.05) is 6.08 Å². The van der Waals surface area contributed by atoms with E-state index in [0.717, 1.165) is 64.2 Å². The van der Waals surface area contributed by atoms with E-state index in [1.54, 1.807) is 6.08 Å². The van der Waals surface area contributed by atoms with Crippen LogP contribution in [0, 0.1) is 0 Å². The molecule has 0 saturated carbocycles. The van der Waals surface area contributed by atoms with Gasteiger partial charge in [0.2, 0.25) is 5.91 Å². The molecule has 0 aromatic rings. The summed E-state index contributed by atoms with van der Waals surface area (Å²) in [4.78, 5) is 12.8. The zero-order chi connectivity index (χ0) is 35.2. The molecule has 0 radical (unpaired) electrons. The highest BCUT2D eigenvalue weighted by atomic mass is 16.7. The molecule has 1 aliphatic rings. The van der Waals surface area contributed by atoms with Crippen LogP contribution in [-0.4, -0.2) is 87.5 Å². The molecule has 280 valence electrons. The van der Waals surface area contributed by atoms with Crippen molar-refractivity contribution in [3.8, 4) is 0 Å². The van der Waals surface area contributed by atoms with Gasteiger partial charge in [-0.15, -0.1) is 0 Å². The van der Waals surface area contributed by atoms with Crippen molar-refractivity contribution in [2.45, 2.75) is 192 Å². The van der Waals surface area contributed by atoms with E-state index in [4.69, 9.17) is 9.47 Å². The summed E-state index contributed by atoms with van der Waals surface area (Å²) in [5.74, 6) is -0.196. The third-order valence-corrected chi connectivity index (χ3v) is 8.96. The van der Waals surface area contributed by atoms with E-state index >= 15 is 0 Å². The van der Waals surface area contributed by atoms with Crippen LogP contribution in [0.25, 0.3) is 0 Å². The number of unbranched alkanes of at least 4 members (excludes halogenated alkanes) is 16. The number of ether oxygens (including phenoxy) is 2. The zero-order valence-electron chi connectivity index (χ0n) is 30.2. The summed E-state index contributed by atoms with van der Waals surface area (Å²) in [6.07, 6.45) is 27.6. The summed E-state index contributed by atoms with van der Waals surface area (Å²) in [5, 5.41) is 53.8. The van der Waals surface area contributed by atoms with Gasteiger partial charge in [0.05, 0.1) is 25.4 Å². The summed E-state index contributed by atoms with van der Waals surface area (Å²) in [6, 6.07) is -0.808. The molecule has 1 rings (SSSR count). The first kappa shape index (κ1) is 44.4. The Balaban J connectivity index is 2.44. The predicted octanol–water partition coefficient (Wildman–Crippen LogP) is 6.55. The molecule has 1 fully saturated rings. The number of aliphatic hydroxyl groups is 5. The highest BCUT2D eigenvalue weighted by molar-refractivity contribution is 5.76. The van der Waals surface area contributed by atoms with Gasteiger partial charge in [-0.25, -0.2) is 0 Å². The summed E-state index contributed by atoms with van der Waals surface area (Å²) in [5.41, 5.74) is 0. The molecule has 9 heteroatoms. The number of carbonyl (C=O) groups excluding carboxylic acids is 1. The molecule has 1 aliphatic heterocycles. The topological polar surface area (TPSA) is 149 Å². The Morgan fingerprint density at radius 3 is 1.81 bits per heavy atom. The second-order valence-electron chi connectivity index (χ2n) is 13.4. The lowest BCUT2D eigenvalue weighted by Crippen LogP contribution is -2.60. The smallest absolute Gasteiger partial charge is 0.220 e. The van der Waals surface area contributed by atoms with Gasteiger partial charge in [0.15, 0.2) is 6.29 Å². The number of carbonyl (C=O) groups is 1. The SMILES string of the molecule is CCCCCC/C=C\C/C=C\CCCCCCCC(=O)NC(COC1OC(CO)C(O)C(O)C1O)C(O)/C=C/CCCCCCCCC. The molecule has 0 spiro atoms. The van der Waals surface area contributed by atoms with Gasteiger partial charge in [0, 0.05) is 6.42 Å². The first-order valence-corrected chi connectivity index (χ1v) is 19.2. The van der Waals surface area contributed by atoms with Gasteiger partial charge in [-0.05, 0) is 51.4 Å². The molecular formula is C39H71NO8. The molecule has 0 aliphatic carbocycles. The van der Waals surface area contributed by atoms with Crippen LogP contribution >= 0.6 is 0 Å². The van der Waals surface area contributed by atoms with Crippen LogP contribution in [0.3, 0.4) is 0 Å². The summed E-state index contributed by atoms with van der Waals surface area (Å²) in [6.45, 7) is 3.68. The minimum atomic E-state index is -1.57. The first-order chi connectivity index (χ1) is 23.3. The Labute approximate surface area is 291 Å². The molecular weight excluding hydrogens is 610 g/mol. The average Bonchev–Trinajstić information content (AvgIpc) is 3.08. The highest BCUT2D eigenvalue weighted by Gasteiger charge is 2.44. The van der Waals surface area contributed by atoms with E-state index in [-0.39, 0.29) is 12.5 Å². The second kappa shape index (κ2) is 30.3. The fraction of sp³-hybridized carbons (Fsp3) is 0.821. The van der Waals surface area contributed by atoms with Crippen LogP contribution in [0.15, 0.2) is 36.5 Å². The van der Waals surface area contributed by atoms with Crippen LogP contribution in [-0.2, 0) is 14.3 Å². The molecule has 0 aromatic carbocycles. The summed E-state index contributed by atoms with van der Waals surface area (Å²) >= 11 is 0. The normalized spacial score (nSPS) is 23.0. The molecule has 0 bridgehead atoms. The molecule has 1 saturated heterocycles. The van der Waals surface area contributed by atoms with Crippen LogP contribution in [0.2, 0.25) is 0 Å². The number of hydrogen-bond acceptors (Lipinski definition) is 8. The molecule has 9 nitrogen and oxygen atoms in total. The minimum absolute atomic E-state index is 0.195. The van der Waals surface area contributed by atoms with Crippen LogP contribution in [0.1, 0.15) is 149 Å². The van der Waals surface area contributed by atoms with Crippen LogP contribution in [0.5, 0.6) is 0 Å². The lowest BCUT2D eigenvalue weighted by atomic mass is 9.99. The molecule has 6 N–H and O–H groups in total. The number of nitrogens with one attached hydrogen (secondary N) is 1. The lowest BCUT2D eigenvalue weighted by Gasteiger charge is -2.40. The molecule has 48 heavy (non-hydrogen) atoms. The van der Waals surface area contributed by atoms with Gasteiger partial charge >= 0.3 is 0 Å². The number of hydrogen-bond donors (Lipinski definition) is 6. The maximum Gasteiger partial charge on any atom is 0.220 e. The third-order valence-electron chi connectivity index (χ3n) is 8.96. The maximum absolute atomic E-state index is 12.8. The van der Waals surface area contributed by atoms with Gasteiger partial charge in [-0.3, -0.25) is 4.79 Å². The van der Waals surface area contributed by atoms with Gasteiger partial charge < -0.3 is 40.3 Å². The largest absolute Gasteiger partial charge is 0.394 e. The number of rotatable bonds is 30. The Morgan fingerprint density at radius 1 is 0.708 bits per heavy atom. The van der Waals surface area contributed by atoms with Crippen LogP contribution < -0.4 is 5.32 Å². The standard InChI is InChI=1S/C39H71NO8/c1-3-5-7-9-11-13-14-15-16-17-18-19-21-23-25-27-29-35(43)40-32(33(42)28-26-24-22-20-12-10-8-6-4-2)31-47-39-38(46)37(45)36(44)34(30-41)48-39/h13-14,16-17,26,28,32-34,36-39,41-42,44-46H,3-12,15,18-25,27,29-31H2,1-2H3,(H,40,43)/b14-13-,17-16-,28-26+. The van der Waals surface area contributed by atoms with E-state index in [9.17, 15) is 30.3 Å². The van der Waals surface area contributed by atoms with Crippen molar-refractivity contribution in [1.82, 2.24) is 5.32 Å². The Kier molecular flexibility index (Phi) is 28.0. The fourth-order valence-electron chi connectivity index (χ4n) is 5.77. The minimum Gasteiger partial charge on any atom is -0.394 e. The molecule has 0 aromatic heterocycles. The van der Waals surface area contributed by atoms with Crippen molar-refractivity contribution < 1.29 is 39.8 Å². The van der Waals surface area contributed by atoms with Crippen molar-refractivity contribution >= 4 is 5.91 Å². The highest BCUT2D eigenvalue weighted by Crippen LogP contribution is 2.22. The van der Waals surface area contributed by atoms with E-state index < -0.39 is 49.5 Å². The first-order valence-electron chi connectivity index (χ1n) is 19.2. The van der Waals surface area contributed by atoms with Gasteiger partial charge in [0.25, 0.3) is 0 Å². The Hall–Kier alpha value is -1.59. The second-order valence-corrected chi connectivity index (χ2v) is 13.4. The van der Waals surface area contributed by atoms with Crippen molar-refractivity contribution in [3.05, 3.63) is 36.5 Å². The molecule has 1 heterocycles. The van der Waals surface area contributed by atoms with Gasteiger partial charge in [0.1, 0.15) is 24.4 Å². The van der Waals surface area contributed by atoms with Crippen molar-refractivity contribution in [1.29, 1.82) is 0 Å². The number of allylic oxidation sites excluding steroid dienone is 5. The predicted molar refractivity (Wildman–Crippen MR) is 193 cm³/mol.